The summed E-state index contributed by atoms with van der Waals surface area (Å²) in [6.45, 7) is 15.7. The van der Waals surface area contributed by atoms with Crippen molar-refractivity contribution in [3.63, 3.8) is 0 Å². The molecule has 17 heavy (non-hydrogen) atoms. The Kier molecular flexibility index (Phi) is 3.14. The standard InChI is InChI=1S/C16H31N/c1-14(2,3)9-10-17-13-15(4,5)12-7-8-16(13,6)11-12/h12-13,17H,7-11H2,1-6H3. The zero-order valence-corrected chi connectivity index (χ0v) is 12.7. The molecule has 2 aliphatic rings. The van der Waals surface area contributed by atoms with Crippen LogP contribution in [0.3, 0.4) is 0 Å². The SMILES string of the molecule is CC(C)(C)CCNC1C2(C)CCC(C2)C1(C)C. The van der Waals surface area contributed by atoms with Crippen LogP contribution in [-0.2, 0) is 0 Å². The van der Waals surface area contributed by atoms with Gasteiger partial charge in [-0.1, -0.05) is 41.5 Å². The fourth-order valence-corrected chi connectivity index (χ4v) is 4.40. The molecule has 3 atom stereocenters. The minimum atomic E-state index is 0.454. The van der Waals surface area contributed by atoms with Crippen molar-refractivity contribution in [1.29, 1.82) is 0 Å². The third-order valence-corrected chi connectivity index (χ3v) is 5.49. The van der Waals surface area contributed by atoms with Gasteiger partial charge in [-0.15, -0.1) is 0 Å². The van der Waals surface area contributed by atoms with E-state index in [4.69, 9.17) is 0 Å². The Morgan fingerprint density at radius 3 is 2.29 bits per heavy atom. The Hall–Kier alpha value is -0.0400. The molecule has 2 saturated carbocycles. The lowest BCUT2D eigenvalue weighted by Gasteiger charge is -2.43. The van der Waals surface area contributed by atoms with Gasteiger partial charge in [-0.2, -0.15) is 0 Å². The summed E-state index contributed by atoms with van der Waals surface area (Å²) < 4.78 is 0. The molecule has 1 heteroatoms. The van der Waals surface area contributed by atoms with Gasteiger partial charge in [0.25, 0.3) is 0 Å². The molecule has 0 radical (unpaired) electrons. The zero-order valence-electron chi connectivity index (χ0n) is 12.7. The second-order valence-electron chi connectivity index (χ2n) is 8.61. The first-order valence-corrected chi connectivity index (χ1v) is 7.39. The lowest BCUT2D eigenvalue weighted by Crippen LogP contribution is -2.50. The molecule has 2 rings (SSSR count). The first-order chi connectivity index (χ1) is 7.65. The number of fused-ring (bicyclic) bond motifs is 2. The van der Waals surface area contributed by atoms with Crippen molar-refractivity contribution >= 4 is 0 Å². The highest BCUT2D eigenvalue weighted by molar-refractivity contribution is 5.11. The van der Waals surface area contributed by atoms with Crippen LogP contribution >= 0.6 is 0 Å². The molecule has 3 unspecified atom stereocenters. The molecule has 100 valence electrons. The molecule has 2 fully saturated rings. The van der Waals surface area contributed by atoms with Crippen LogP contribution in [0, 0.1) is 22.2 Å². The normalized spacial score (nSPS) is 39.9. The number of hydrogen-bond acceptors (Lipinski definition) is 1. The average molecular weight is 237 g/mol. The fourth-order valence-electron chi connectivity index (χ4n) is 4.40. The van der Waals surface area contributed by atoms with Crippen molar-refractivity contribution in [3.8, 4) is 0 Å². The highest BCUT2D eigenvalue weighted by Crippen LogP contribution is 2.62. The van der Waals surface area contributed by atoms with Gasteiger partial charge in [-0.05, 0) is 54.4 Å². The van der Waals surface area contributed by atoms with Crippen LogP contribution in [0.2, 0.25) is 0 Å². The maximum atomic E-state index is 3.90. The Balaban J connectivity index is 1.96. The van der Waals surface area contributed by atoms with Crippen LogP contribution in [0.1, 0.15) is 67.2 Å². The fraction of sp³-hybridized carbons (Fsp3) is 1.00. The van der Waals surface area contributed by atoms with E-state index in [2.05, 4.69) is 46.9 Å². The molecule has 0 aromatic rings. The van der Waals surface area contributed by atoms with Gasteiger partial charge in [0.1, 0.15) is 0 Å². The molecule has 2 aliphatic carbocycles. The maximum absolute atomic E-state index is 3.90. The van der Waals surface area contributed by atoms with E-state index < -0.39 is 0 Å². The van der Waals surface area contributed by atoms with Gasteiger partial charge >= 0.3 is 0 Å². The summed E-state index contributed by atoms with van der Waals surface area (Å²) in [4.78, 5) is 0. The third-order valence-electron chi connectivity index (χ3n) is 5.49. The molecular formula is C16H31N. The van der Waals surface area contributed by atoms with Gasteiger partial charge in [0.15, 0.2) is 0 Å². The van der Waals surface area contributed by atoms with Crippen molar-refractivity contribution in [2.24, 2.45) is 22.2 Å². The van der Waals surface area contributed by atoms with Crippen molar-refractivity contribution in [1.82, 2.24) is 5.32 Å². The van der Waals surface area contributed by atoms with E-state index in [0.29, 0.717) is 16.2 Å². The van der Waals surface area contributed by atoms with E-state index in [1.165, 1.54) is 32.2 Å². The third kappa shape index (κ3) is 2.41. The van der Waals surface area contributed by atoms with Crippen LogP contribution in [0.25, 0.3) is 0 Å². The summed E-state index contributed by atoms with van der Waals surface area (Å²) in [6.07, 6.45) is 5.63. The molecule has 0 aromatic heterocycles. The van der Waals surface area contributed by atoms with Crippen molar-refractivity contribution in [3.05, 3.63) is 0 Å². The molecule has 2 bridgehead atoms. The molecule has 1 N–H and O–H groups in total. The Morgan fingerprint density at radius 2 is 1.82 bits per heavy atom. The van der Waals surface area contributed by atoms with Gasteiger partial charge in [0, 0.05) is 6.04 Å². The van der Waals surface area contributed by atoms with Crippen LogP contribution < -0.4 is 5.32 Å². The lowest BCUT2D eigenvalue weighted by molar-refractivity contribution is 0.106. The number of nitrogens with one attached hydrogen (secondary N) is 1. The average Bonchev–Trinajstić information content (AvgIpc) is 2.60. The summed E-state index contributed by atoms with van der Waals surface area (Å²) in [5.41, 5.74) is 1.53. The smallest absolute Gasteiger partial charge is 0.0175 e. The predicted molar refractivity (Wildman–Crippen MR) is 75.1 cm³/mol. The summed E-state index contributed by atoms with van der Waals surface area (Å²) in [7, 11) is 0. The van der Waals surface area contributed by atoms with Crippen LogP contribution in [0.5, 0.6) is 0 Å². The van der Waals surface area contributed by atoms with Gasteiger partial charge in [-0.25, -0.2) is 0 Å². The van der Waals surface area contributed by atoms with Crippen LogP contribution in [0.15, 0.2) is 0 Å². The maximum Gasteiger partial charge on any atom is 0.0175 e. The van der Waals surface area contributed by atoms with Crippen LogP contribution in [-0.4, -0.2) is 12.6 Å². The number of rotatable bonds is 3. The van der Waals surface area contributed by atoms with Gasteiger partial charge in [0.05, 0.1) is 0 Å². The molecule has 0 amide bonds. The molecule has 0 aliphatic heterocycles. The van der Waals surface area contributed by atoms with Crippen molar-refractivity contribution < 1.29 is 0 Å². The summed E-state index contributed by atoms with van der Waals surface area (Å²) in [6, 6.07) is 0.732. The van der Waals surface area contributed by atoms with Crippen molar-refractivity contribution in [2.45, 2.75) is 73.3 Å². The highest BCUT2D eigenvalue weighted by atomic mass is 15.0. The van der Waals surface area contributed by atoms with E-state index >= 15 is 0 Å². The molecule has 0 saturated heterocycles. The van der Waals surface area contributed by atoms with Gasteiger partial charge in [0.2, 0.25) is 0 Å². The number of hydrogen-bond donors (Lipinski definition) is 1. The lowest BCUT2D eigenvalue weighted by atomic mass is 9.68. The molecular weight excluding hydrogens is 206 g/mol. The Labute approximate surface area is 108 Å². The van der Waals surface area contributed by atoms with E-state index in [9.17, 15) is 0 Å². The monoisotopic (exact) mass is 237 g/mol. The quantitative estimate of drug-likeness (QED) is 0.774. The molecule has 1 nitrogen and oxygen atoms in total. The topological polar surface area (TPSA) is 12.0 Å². The highest BCUT2D eigenvalue weighted by Gasteiger charge is 2.58. The van der Waals surface area contributed by atoms with E-state index in [1.807, 2.05) is 0 Å². The first kappa shape index (κ1) is 13.4. The van der Waals surface area contributed by atoms with Crippen LogP contribution in [0.4, 0.5) is 0 Å². The van der Waals surface area contributed by atoms with E-state index in [-0.39, 0.29) is 0 Å². The summed E-state index contributed by atoms with van der Waals surface area (Å²) >= 11 is 0. The van der Waals surface area contributed by atoms with E-state index in [0.717, 1.165) is 12.0 Å². The zero-order chi connectivity index (χ0) is 12.9. The second-order valence-corrected chi connectivity index (χ2v) is 8.61. The molecule has 0 heterocycles. The van der Waals surface area contributed by atoms with Crippen molar-refractivity contribution in [2.75, 3.05) is 6.54 Å². The first-order valence-electron chi connectivity index (χ1n) is 7.39. The summed E-state index contributed by atoms with van der Waals surface area (Å²) in [5, 5.41) is 3.90. The Bertz CT molecular complexity index is 282. The predicted octanol–water partition coefficient (Wildman–Crippen LogP) is 4.23. The largest absolute Gasteiger partial charge is 0.313 e. The van der Waals surface area contributed by atoms with E-state index in [1.54, 1.807) is 0 Å². The Morgan fingerprint density at radius 1 is 1.18 bits per heavy atom. The second kappa shape index (κ2) is 3.98. The molecule has 0 aromatic carbocycles. The summed E-state index contributed by atoms with van der Waals surface area (Å²) in [5.74, 6) is 0.958. The minimum absolute atomic E-state index is 0.454. The van der Waals surface area contributed by atoms with Gasteiger partial charge in [-0.3, -0.25) is 0 Å². The minimum Gasteiger partial charge on any atom is -0.313 e. The molecule has 0 spiro atoms. The van der Waals surface area contributed by atoms with Gasteiger partial charge < -0.3 is 5.32 Å².